The lowest BCUT2D eigenvalue weighted by atomic mass is 9.67. The Morgan fingerprint density at radius 1 is 1.13 bits per heavy atom. The van der Waals surface area contributed by atoms with Crippen LogP contribution in [0.3, 0.4) is 0 Å². The predicted octanol–water partition coefficient (Wildman–Crippen LogP) is 6.70. The maximum absolute atomic E-state index is 13.0. The molecule has 0 spiro atoms. The number of nitrogens with two attached hydrogens (primary N) is 2. The molecule has 0 unspecified atom stereocenters. The number of methoxy groups -OCH3 is 1. The van der Waals surface area contributed by atoms with Crippen molar-refractivity contribution < 1.29 is 19.4 Å². The van der Waals surface area contributed by atoms with Gasteiger partial charge in [-0.25, -0.2) is 4.99 Å². The van der Waals surface area contributed by atoms with E-state index in [1.165, 1.54) is 0 Å². The molecular formula is C40H53N3O4. The molecule has 1 aromatic carbocycles. The van der Waals surface area contributed by atoms with Gasteiger partial charge in [0, 0.05) is 43.4 Å². The third kappa shape index (κ3) is 8.62. The first-order valence-corrected chi connectivity index (χ1v) is 17.8. The number of benzene rings is 1. The standard InChI is InChI=1S/C40H53N3O4/c1-4-5-6-13-30(44)20-17-28-25-36(47-31-14-9-10-15-31)39(45)37-32(28)22-18-27-12-8-7-11-26(2)16-21-33(37)34-24-29(19-23-35(34)46-3)38(27)43-40(41)42/h6,13,19,23,25-27,29,31,33-35,38,45H,4-5,9-12,14-17,20-21,24H2,1-3H3,(H4,41,42,43)/b13-6+/t26-,27+,29-,33-,34+,35-,38-/m0/s1. The molecule has 0 aromatic heterocycles. The van der Waals surface area contributed by atoms with E-state index in [1.54, 1.807) is 13.2 Å². The van der Waals surface area contributed by atoms with Gasteiger partial charge in [-0.1, -0.05) is 50.3 Å². The Hall–Kier alpha value is -3.68. The van der Waals surface area contributed by atoms with Crippen molar-refractivity contribution in [1.29, 1.82) is 0 Å². The summed E-state index contributed by atoms with van der Waals surface area (Å²) < 4.78 is 12.7. The number of nitrogens with zero attached hydrogens (tertiary/aromatic N) is 1. The van der Waals surface area contributed by atoms with E-state index < -0.39 is 0 Å². The van der Waals surface area contributed by atoms with Crippen LogP contribution >= 0.6 is 0 Å². The molecule has 0 saturated heterocycles. The summed E-state index contributed by atoms with van der Waals surface area (Å²) >= 11 is 0. The van der Waals surface area contributed by atoms with Crippen molar-refractivity contribution in [3.8, 4) is 35.2 Å². The lowest BCUT2D eigenvalue weighted by Gasteiger charge is -2.40. The molecule has 7 nitrogen and oxygen atoms in total. The number of aromatic hydroxyl groups is 1. The number of hydrogen-bond donors (Lipinski definition) is 3. The molecule has 7 atom stereocenters. The normalized spacial score (nSPS) is 28.7. The minimum Gasteiger partial charge on any atom is -0.504 e. The summed E-state index contributed by atoms with van der Waals surface area (Å²) in [5.41, 5.74) is 14.6. The van der Waals surface area contributed by atoms with Gasteiger partial charge in [0.1, 0.15) is 0 Å². The summed E-state index contributed by atoms with van der Waals surface area (Å²) in [4.78, 5) is 17.8. The van der Waals surface area contributed by atoms with Crippen LogP contribution in [0.25, 0.3) is 0 Å². The monoisotopic (exact) mass is 639 g/mol. The van der Waals surface area contributed by atoms with E-state index in [0.717, 1.165) is 80.9 Å². The lowest BCUT2D eigenvalue weighted by molar-refractivity contribution is -0.114. The Morgan fingerprint density at radius 3 is 2.66 bits per heavy atom. The maximum atomic E-state index is 13.0. The molecule has 0 radical (unpaired) electrons. The zero-order valence-electron chi connectivity index (χ0n) is 28.5. The van der Waals surface area contributed by atoms with Crippen molar-refractivity contribution in [2.75, 3.05) is 7.11 Å². The fourth-order valence-corrected chi connectivity index (χ4v) is 7.89. The second-order valence-corrected chi connectivity index (χ2v) is 14.0. The van der Waals surface area contributed by atoms with Crippen LogP contribution in [0.15, 0.2) is 35.4 Å². The number of guanidine groups is 1. The van der Waals surface area contributed by atoms with Gasteiger partial charge in [-0.3, -0.25) is 4.79 Å². The van der Waals surface area contributed by atoms with Gasteiger partial charge in [0.2, 0.25) is 0 Å². The van der Waals surface area contributed by atoms with E-state index in [-0.39, 0.29) is 59.4 Å². The molecule has 6 rings (SSSR count). The lowest BCUT2D eigenvalue weighted by Crippen LogP contribution is -2.39. The Morgan fingerprint density at radius 2 is 1.91 bits per heavy atom. The Balaban J connectivity index is 1.74. The van der Waals surface area contributed by atoms with Crippen LogP contribution in [0.5, 0.6) is 11.5 Å². The molecule has 1 saturated carbocycles. The number of carbonyl (C=O) groups excluding carboxylic acids is 1. The van der Waals surface area contributed by atoms with Gasteiger partial charge in [0.05, 0.1) is 24.2 Å². The van der Waals surface area contributed by atoms with Crippen LogP contribution in [-0.2, 0) is 16.0 Å². The van der Waals surface area contributed by atoms with E-state index in [4.69, 9.17) is 25.9 Å². The van der Waals surface area contributed by atoms with Gasteiger partial charge in [0.25, 0.3) is 0 Å². The summed E-state index contributed by atoms with van der Waals surface area (Å²) in [5.74, 6) is 14.9. The van der Waals surface area contributed by atoms with Crippen LogP contribution in [0.4, 0.5) is 0 Å². The quantitative estimate of drug-likeness (QED) is 0.0862. The van der Waals surface area contributed by atoms with Crippen LogP contribution in [0.2, 0.25) is 0 Å². The highest BCUT2D eigenvalue weighted by atomic mass is 16.5. The number of ether oxygens (including phenoxy) is 2. The van der Waals surface area contributed by atoms with Crippen molar-refractivity contribution >= 4 is 11.7 Å². The number of ketones is 1. The molecule has 5 N–H and O–H groups in total. The number of hydrogen-bond acceptors (Lipinski definition) is 5. The van der Waals surface area contributed by atoms with Crippen molar-refractivity contribution in [3.63, 3.8) is 0 Å². The van der Waals surface area contributed by atoms with Crippen LogP contribution < -0.4 is 16.2 Å². The number of fused-ring (bicyclic) bond motifs is 5. The van der Waals surface area contributed by atoms with Crippen molar-refractivity contribution in [2.24, 2.45) is 40.1 Å². The predicted molar refractivity (Wildman–Crippen MR) is 188 cm³/mol. The van der Waals surface area contributed by atoms with Gasteiger partial charge in [-0.05, 0) is 93.2 Å². The molecule has 5 aliphatic carbocycles. The number of rotatable bonds is 10. The zero-order chi connectivity index (χ0) is 33.3. The molecule has 5 aliphatic rings. The van der Waals surface area contributed by atoms with Crippen molar-refractivity contribution in [3.05, 3.63) is 47.1 Å². The average molecular weight is 640 g/mol. The smallest absolute Gasteiger partial charge is 0.186 e. The van der Waals surface area contributed by atoms with Crippen molar-refractivity contribution in [1.82, 2.24) is 0 Å². The Kier molecular flexibility index (Phi) is 12.1. The first kappa shape index (κ1) is 34.6. The summed E-state index contributed by atoms with van der Waals surface area (Å²) in [6, 6.07) is 1.68. The molecule has 0 heterocycles. The van der Waals surface area contributed by atoms with Crippen LogP contribution in [0, 0.1) is 47.4 Å². The van der Waals surface area contributed by atoms with E-state index in [0.29, 0.717) is 30.9 Å². The van der Waals surface area contributed by atoms with E-state index in [2.05, 4.69) is 49.7 Å². The fourth-order valence-electron chi connectivity index (χ4n) is 7.89. The SMILES string of the molecule is CCC/C=C/C(=O)CCc1cc(OC2CCCC2)c(O)c2c1C#C[C@H]1CC#CC[C@H](C)CC[C@H]2[C@H]2C[C@H](C=C[C@@H]2OC)[C@H]1N=C(N)N. The third-order valence-corrected chi connectivity index (χ3v) is 10.5. The van der Waals surface area contributed by atoms with Gasteiger partial charge in [-0.2, -0.15) is 0 Å². The Labute approximate surface area is 281 Å². The number of aryl methyl sites for hydroxylation is 1. The van der Waals surface area contributed by atoms with E-state index >= 15 is 0 Å². The molecule has 1 fully saturated rings. The summed E-state index contributed by atoms with van der Waals surface area (Å²) in [7, 11) is 1.76. The molecule has 1 aromatic rings. The second-order valence-electron chi connectivity index (χ2n) is 14.0. The minimum absolute atomic E-state index is 0.0314. The number of phenolic OH excluding ortho intramolecular Hbond substituents is 1. The van der Waals surface area contributed by atoms with Gasteiger partial charge < -0.3 is 26.0 Å². The third-order valence-electron chi connectivity index (χ3n) is 10.5. The largest absolute Gasteiger partial charge is 0.504 e. The topological polar surface area (TPSA) is 120 Å². The van der Waals surface area contributed by atoms with Gasteiger partial charge in [0.15, 0.2) is 23.2 Å². The van der Waals surface area contributed by atoms with Gasteiger partial charge in [-0.15, -0.1) is 11.8 Å². The highest BCUT2D eigenvalue weighted by Crippen LogP contribution is 2.50. The molecule has 4 bridgehead atoms. The maximum Gasteiger partial charge on any atom is 0.186 e. The van der Waals surface area contributed by atoms with Crippen LogP contribution in [-0.4, -0.2) is 42.2 Å². The fraction of sp³-hybridized carbons (Fsp3) is 0.600. The number of unbranched alkanes of at least 4 members (excludes halogenated alkanes) is 1. The van der Waals surface area contributed by atoms with E-state index in [9.17, 15) is 9.90 Å². The molecular weight excluding hydrogens is 586 g/mol. The molecule has 0 aliphatic heterocycles. The summed E-state index contributed by atoms with van der Waals surface area (Å²) in [6.45, 7) is 4.35. The summed E-state index contributed by atoms with van der Waals surface area (Å²) in [5, 5.41) is 12.3. The van der Waals surface area contributed by atoms with Crippen LogP contribution in [0.1, 0.15) is 114 Å². The number of allylic oxidation sites excluding steroid dienone is 2. The molecule has 252 valence electrons. The first-order chi connectivity index (χ1) is 22.8. The van der Waals surface area contributed by atoms with Crippen molar-refractivity contribution in [2.45, 2.75) is 121 Å². The number of aliphatic imine (C=N–C) groups is 1. The molecule has 7 heteroatoms. The van der Waals surface area contributed by atoms with E-state index in [1.807, 2.05) is 12.1 Å². The highest BCUT2D eigenvalue weighted by Gasteiger charge is 2.41. The molecule has 47 heavy (non-hydrogen) atoms. The Bertz CT molecular complexity index is 1480. The second kappa shape index (κ2) is 16.4. The average Bonchev–Trinajstić information content (AvgIpc) is 3.57. The highest BCUT2D eigenvalue weighted by molar-refractivity contribution is 5.89. The minimum atomic E-state index is -0.272. The number of carbonyl (C=O) groups is 1. The van der Waals surface area contributed by atoms with Gasteiger partial charge >= 0.3 is 0 Å². The summed E-state index contributed by atoms with van der Waals surface area (Å²) in [6.07, 6.45) is 18.7. The zero-order valence-corrected chi connectivity index (χ0v) is 28.5. The molecule has 0 amide bonds. The first-order valence-electron chi connectivity index (χ1n) is 17.8. The number of phenols is 1.